The summed E-state index contributed by atoms with van der Waals surface area (Å²) in [5.74, 6) is -1.22. The van der Waals surface area contributed by atoms with Gasteiger partial charge in [0.25, 0.3) is 0 Å². The predicted octanol–water partition coefficient (Wildman–Crippen LogP) is 2.45. The van der Waals surface area contributed by atoms with Gasteiger partial charge in [-0.2, -0.15) is 0 Å². The molecule has 1 saturated heterocycles. The number of benzene rings is 1. The summed E-state index contributed by atoms with van der Waals surface area (Å²) >= 11 is 5.93. The number of fused-ring (bicyclic) bond motifs is 2. The molecular formula is C17H16ClNO3. The normalized spacial score (nSPS) is 30.0. The minimum atomic E-state index is -0.675. The van der Waals surface area contributed by atoms with Gasteiger partial charge in [-0.1, -0.05) is 48.0 Å². The van der Waals surface area contributed by atoms with Crippen molar-refractivity contribution in [1.29, 1.82) is 0 Å². The van der Waals surface area contributed by atoms with Gasteiger partial charge in [-0.15, -0.1) is 0 Å². The Kier molecular flexibility index (Phi) is 4.14. The van der Waals surface area contributed by atoms with Gasteiger partial charge in [-0.3, -0.25) is 14.9 Å². The molecule has 0 unspecified atom stereocenters. The summed E-state index contributed by atoms with van der Waals surface area (Å²) in [7, 11) is 1.33. The second-order valence-electron chi connectivity index (χ2n) is 5.42. The second-order valence-corrected chi connectivity index (χ2v) is 5.86. The third-order valence-electron chi connectivity index (χ3n) is 4.17. The summed E-state index contributed by atoms with van der Waals surface area (Å²) in [6, 6.07) is 6.34. The Balaban J connectivity index is 2.00. The third kappa shape index (κ3) is 2.60. The van der Waals surface area contributed by atoms with Crippen molar-refractivity contribution in [1.82, 2.24) is 5.32 Å². The number of carbonyl (C=O) groups is 2. The van der Waals surface area contributed by atoms with Gasteiger partial charge in [-0.05, 0) is 17.7 Å². The van der Waals surface area contributed by atoms with E-state index in [-0.39, 0.29) is 17.7 Å². The molecule has 2 aliphatic rings. The van der Waals surface area contributed by atoms with E-state index in [1.807, 2.05) is 30.4 Å². The number of ketones is 1. The molecule has 4 nitrogen and oxygen atoms in total. The minimum Gasteiger partial charge on any atom is -0.468 e. The van der Waals surface area contributed by atoms with E-state index in [0.29, 0.717) is 5.02 Å². The number of ether oxygens (including phenoxy) is 1. The lowest BCUT2D eigenvalue weighted by Crippen LogP contribution is -2.55. The van der Waals surface area contributed by atoms with Crippen molar-refractivity contribution in [3.05, 3.63) is 59.2 Å². The maximum absolute atomic E-state index is 12.7. The topological polar surface area (TPSA) is 55.4 Å². The molecule has 3 rings (SSSR count). The molecule has 22 heavy (non-hydrogen) atoms. The van der Waals surface area contributed by atoms with Crippen molar-refractivity contribution in [3.63, 3.8) is 0 Å². The van der Waals surface area contributed by atoms with Crippen LogP contribution in [0.5, 0.6) is 0 Å². The van der Waals surface area contributed by atoms with Crippen LogP contribution in [0.25, 0.3) is 0 Å². The number of esters is 1. The molecule has 0 spiro atoms. The Labute approximate surface area is 133 Å². The van der Waals surface area contributed by atoms with Gasteiger partial charge in [0.1, 0.15) is 6.04 Å². The zero-order chi connectivity index (χ0) is 15.7. The minimum absolute atomic E-state index is 0.0269. The molecule has 1 aliphatic heterocycles. The van der Waals surface area contributed by atoms with Crippen LogP contribution in [0.15, 0.2) is 48.6 Å². The fourth-order valence-electron chi connectivity index (χ4n) is 3.05. The molecule has 5 heteroatoms. The predicted molar refractivity (Wildman–Crippen MR) is 83.4 cm³/mol. The lowest BCUT2D eigenvalue weighted by Gasteiger charge is -2.37. The fourth-order valence-corrected chi connectivity index (χ4v) is 3.17. The van der Waals surface area contributed by atoms with Crippen LogP contribution in [0, 0.1) is 11.8 Å². The van der Waals surface area contributed by atoms with Crippen LogP contribution in [0.2, 0.25) is 5.02 Å². The summed E-state index contributed by atoms with van der Waals surface area (Å²) in [6.07, 6.45) is 7.29. The second kappa shape index (κ2) is 6.07. The van der Waals surface area contributed by atoms with Gasteiger partial charge in [0, 0.05) is 11.1 Å². The van der Waals surface area contributed by atoms with Gasteiger partial charge in [0.2, 0.25) is 0 Å². The lowest BCUT2D eigenvalue weighted by atomic mass is 9.77. The summed E-state index contributed by atoms with van der Waals surface area (Å²) in [4.78, 5) is 24.8. The van der Waals surface area contributed by atoms with Crippen LogP contribution >= 0.6 is 11.6 Å². The zero-order valence-electron chi connectivity index (χ0n) is 12.0. The van der Waals surface area contributed by atoms with Crippen molar-refractivity contribution in [3.8, 4) is 0 Å². The number of hydrogen-bond acceptors (Lipinski definition) is 4. The molecule has 4 atom stereocenters. The van der Waals surface area contributed by atoms with Crippen LogP contribution in [-0.4, -0.2) is 24.9 Å². The first-order valence-electron chi connectivity index (χ1n) is 7.10. The van der Waals surface area contributed by atoms with Crippen molar-refractivity contribution >= 4 is 23.4 Å². The molecule has 0 amide bonds. The quantitative estimate of drug-likeness (QED) is 0.851. The first kappa shape index (κ1) is 15.0. The number of halogens is 1. The number of Topliss-reactive ketones (excluding diaryl/α,β-unsaturated/α-hetero) is 1. The average molecular weight is 318 g/mol. The lowest BCUT2D eigenvalue weighted by molar-refractivity contribution is -0.149. The highest BCUT2D eigenvalue weighted by Crippen LogP contribution is 2.35. The summed E-state index contributed by atoms with van der Waals surface area (Å²) < 4.78 is 4.84. The van der Waals surface area contributed by atoms with E-state index in [4.69, 9.17) is 16.3 Å². The van der Waals surface area contributed by atoms with Crippen LogP contribution in [-0.2, 0) is 14.3 Å². The highest BCUT2D eigenvalue weighted by molar-refractivity contribution is 6.30. The van der Waals surface area contributed by atoms with E-state index in [1.54, 1.807) is 18.2 Å². The van der Waals surface area contributed by atoms with Crippen molar-refractivity contribution in [2.24, 2.45) is 11.8 Å². The van der Waals surface area contributed by atoms with E-state index in [9.17, 15) is 9.59 Å². The number of rotatable bonds is 2. The highest BCUT2D eigenvalue weighted by atomic mass is 35.5. The molecule has 2 bridgehead atoms. The van der Waals surface area contributed by atoms with E-state index in [2.05, 4.69) is 5.32 Å². The van der Waals surface area contributed by atoms with E-state index < -0.39 is 17.9 Å². The summed E-state index contributed by atoms with van der Waals surface area (Å²) in [5.41, 5.74) is 0.918. The van der Waals surface area contributed by atoms with Gasteiger partial charge in [0.15, 0.2) is 5.78 Å². The van der Waals surface area contributed by atoms with E-state index >= 15 is 0 Å². The maximum atomic E-state index is 12.7. The molecule has 1 heterocycles. The van der Waals surface area contributed by atoms with Gasteiger partial charge in [-0.25, -0.2) is 0 Å². The highest BCUT2D eigenvalue weighted by Gasteiger charge is 2.45. The van der Waals surface area contributed by atoms with E-state index in [1.165, 1.54) is 7.11 Å². The fraction of sp³-hybridized carbons (Fsp3) is 0.294. The standard InChI is InChI=1S/C17H16ClNO3/c1-22-17(21)15-13-5-3-2-4-12(16(13)20)14(19-15)10-6-8-11(18)9-7-10/h2-9,12-15,19H,1H3/t12-,13+,14+,15+/m0/s1. The van der Waals surface area contributed by atoms with Crippen LogP contribution in [0.4, 0.5) is 0 Å². The molecule has 1 N–H and O–H groups in total. The Morgan fingerprint density at radius 2 is 1.77 bits per heavy atom. The number of methoxy groups -OCH3 is 1. The Morgan fingerprint density at radius 3 is 2.41 bits per heavy atom. The smallest absolute Gasteiger partial charge is 0.323 e. The Hall–Kier alpha value is -1.91. The molecule has 0 aromatic heterocycles. The van der Waals surface area contributed by atoms with Crippen LogP contribution in [0.3, 0.4) is 0 Å². The van der Waals surface area contributed by atoms with Crippen molar-refractivity contribution in [2.75, 3.05) is 7.11 Å². The zero-order valence-corrected chi connectivity index (χ0v) is 12.8. The van der Waals surface area contributed by atoms with Gasteiger partial charge in [0.05, 0.1) is 18.9 Å². The maximum Gasteiger partial charge on any atom is 0.323 e. The van der Waals surface area contributed by atoms with Crippen LogP contribution < -0.4 is 5.32 Å². The third-order valence-corrected chi connectivity index (χ3v) is 4.42. The Morgan fingerprint density at radius 1 is 1.14 bits per heavy atom. The van der Waals surface area contributed by atoms with E-state index in [0.717, 1.165) is 5.56 Å². The molecule has 1 fully saturated rings. The largest absolute Gasteiger partial charge is 0.468 e. The van der Waals surface area contributed by atoms with Crippen LogP contribution in [0.1, 0.15) is 11.6 Å². The van der Waals surface area contributed by atoms with Crippen molar-refractivity contribution in [2.45, 2.75) is 12.1 Å². The number of piperidine rings is 1. The molecular weight excluding hydrogens is 302 g/mol. The summed E-state index contributed by atoms with van der Waals surface area (Å²) in [5, 5.41) is 3.90. The summed E-state index contributed by atoms with van der Waals surface area (Å²) in [6.45, 7) is 0. The first-order chi connectivity index (χ1) is 10.6. The first-order valence-corrected chi connectivity index (χ1v) is 7.47. The van der Waals surface area contributed by atoms with Crippen molar-refractivity contribution < 1.29 is 14.3 Å². The number of hydrogen-bond donors (Lipinski definition) is 1. The van der Waals surface area contributed by atoms with Gasteiger partial charge >= 0.3 is 5.97 Å². The average Bonchev–Trinajstić information content (AvgIpc) is 2.65. The monoisotopic (exact) mass is 317 g/mol. The number of nitrogens with one attached hydrogen (secondary N) is 1. The number of carbonyl (C=O) groups excluding carboxylic acids is 2. The molecule has 1 aromatic carbocycles. The molecule has 0 radical (unpaired) electrons. The van der Waals surface area contributed by atoms with Gasteiger partial charge < -0.3 is 4.74 Å². The number of allylic oxidation sites excluding steroid dienone is 2. The molecule has 1 aliphatic carbocycles. The molecule has 0 saturated carbocycles. The molecule has 1 aromatic rings. The molecule has 114 valence electrons. The SMILES string of the molecule is COC(=O)[C@@H]1N[C@H](c2ccc(Cl)cc2)[C@@H]2C=CC=C[C@H]1C2=O. The Bertz CT molecular complexity index is 650.